The fraction of sp³-hybridized carbons (Fsp3) is 0.0909. The molecule has 3 aromatic rings. The van der Waals surface area contributed by atoms with Gasteiger partial charge in [0.15, 0.2) is 0 Å². The van der Waals surface area contributed by atoms with Gasteiger partial charge < -0.3 is 4.84 Å². The molecule has 3 aromatic carbocycles. The summed E-state index contributed by atoms with van der Waals surface area (Å²) < 4.78 is 0. The molecule has 1 aliphatic carbocycles. The Morgan fingerprint density at radius 1 is 0.760 bits per heavy atom. The zero-order chi connectivity index (χ0) is 17.3. The van der Waals surface area contributed by atoms with Crippen LogP contribution in [-0.2, 0) is 10.3 Å². The van der Waals surface area contributed by atoms with E-state index in [-0.39, 0.29) is 5.78 Å². The lowest BCUT2D eigenvalue weighted by Gasteiger charge is -2.31. The van der Waals surface area contributed by atoms with E-state index in [1.54, 1.807) is 0 Å². The molecule has 3 heteroatoms. The largest absolute Gasteiger partial charge is 0.399 e. The summed E-state index contributed by atoms with van der Waals surface area (Å²) in [6.07, 6.45) is 0. The molecule has 0 heterocycles. The summed E-state index contributed by atoms with van der Waals surface area (Å²) in [6, 6.07) is 27.7. The highest BCUT2D eigenvalue weighted by atomic mass is 16.6. The quantitative estimate of drug-likeness (QED) is 0.676. The molecule has 0 aromatic heterocycles. The molecule has 0 spiro atoms. The van der Waals surface area contributed by atoms with E-state index in [0.29, 0.717) is 11.3 Å². The molecule has 0 bridgehead atoms. The number of nitrogens with zero attached hydrogens (tertiary/aromatic N) is 1. The minimum absolute atomic E-state index is 0.0924. The molecule has 0 fully saturated rings. The first-order chi connectivity index (χ1) is 12.3. The molecule has 0 aliphatic heterocycles. The molecule has 122 valence electrons. The second-order valence-electron chi connectivity index (χ2n) is 5.98. The van der Waals surface area contributed by atoms with Crippen molar-refractivity contribution in [3.63, 3.8) is 0 Å². The lowest BCUT2D eigenvalue weighted by atomic mass is 9.69. The molecule has 0 unspecified atom stereocenters. The summed E-state index contributed by atoms with van der Waals surface area (Å²) in [5.74, 6) is -0.0924. The van der Waals surface area contributed by atoms with Gasteiger partial charge in [-0.3, -0.25) is 4.79 Å². The number of ketones is 1. The van der Waals surface area contributed by atoms with Crippen LogP contribution in [0.15, 0.2) is 90.1 Å². The normalized spacial score (nSPS) is 16.7. The van der Waals surface area contributed by atoms with Crippen LogP contribution in [0, 0.1) is 0 Å². The zero-order valence-corrected chi connectivity index (χ0v) is 13.8. The third-order valence-corrected chi connectivity index (χ3v) is 4.74. The monoisotopic (exact) mass is 327 g/mol. The fourth-order valence-electron chi connectivity index (χ4n) is 3.76. The summed E-state index contributed by atoms with van der Waals surface area (Å²) in [7, 11) is 1.48. The van der Waals surface area contributed by atoms with E-state index in [0.717, 1.165) is 16.7 Å². The number of rotatable bonds is 3. The molecule has 0 N–H and O–H groups in total. The highest BCUT2D eigenvalue weighted by Gasteiger charge is 2.52. The Bertz CT molecular complexity index is 907. The van der Waals surface area contributed by atoms with E-state index >= 15 is 0 Å². The Morgan fingerprint density at radius 2 is 1.28 bits per heavy atom. The second-order valence-corrected chi connectivity index (χ2v) is 5.98. The lowest BCUT2D eigenvalue weighted by molar-refractivity contribution is 0.105. The highest BCUT2D eigenvalue weighted by Crippen LogP contribution is 2.47. The standard InChI is InChI=1S/C22H17NO2/c1-25-23-21-20(24)18-14-8-9-15-19(18)22(21,16-10-4-2-5-11-16)17-12-6-3-7-13-17/h2-15H,1H3/b23-21+. The van der Waals surface area contributed by atoms with Crippen molar-refractivity contribution in [2.24, 2.45) is 5.16 Å². The average molecular weight is 327 g/mol. The van der Waals surface area contributed by atoms with Crippen LogP contribution >= 0.6 is 0 Å². The van der Waals surface area contributed by atoms with Crippen molar-refractivity contribution in [2.75, 3.05) is 7.11 Å². The molecule has 0 amide bonds. The summed E-state index contributed by atoms with van der Waals surface area (Å²) in [6.45, 7) is 0. The van der Waals surface area contributed by atoms with Gasteiger partial charge in [-0.2, -0.15) is 0 Å². The van der Waals surface area contributed by atoms with Gasteiger partial charge in [0.25, 0.3) is 0 Å². The predicted octanol–water partition coefficient (Wildman–Crippen LogP) is 4.22. The van der Waals surface area contributed by atoms with Crippen molar-refractivity contribution in [1.82, 2.24) is 0 Å². The number of oxime groups is 1. The average Bonchev–Trinajstić information content (AvgIpc) is 2.93. The van der Waals surface area contributed by atoms with Crippen LogP contribution in [-0.4, -0.2) is 18.6 Å². The first kappa shape index (κ1) is 15.3. The van der Waals surface area contributed by atoms with E-state index in [9.17, 15) is 4.79 Å². The molecule has 0 atom stereocenters. The molecular weight excluding hydrogens is 310 g/mol. The van der Waals surface area contributed by atoms with Crippen LogP contribution in [0.5, 0.6) is 0 Å². The maximum Gasteiger partial charge on any atom is 0.212 e. The summed E-state index contributed by atoms with van der Waals surface area (Å²) in [4.78, 5) is 18.2. The zero-order valence-electron chi connectivity index (χ0n) is 13.8. The van der Waals surface area contributed by atoms with Crippen molar-refractivity contribution in [3.05, 3.63) is 107 Å². The van der Waals surface area contributed by atoms with Gasteiger partial charge >= 0.3 is 0 Å². The third kappa shape index (κ3) is 2.13. The van der Waals surface area contributed by atoms with Gasteiger partial charge in [-0.1, -0.05) is 90.1 Å². The predicted molar refractivity (Wildman–Crippen MR) is 98.0 cm³/mol. The SMILES string of the molecule is CO/N=C1\C(=O)c2ccccc2C1(c1ccccc1)c1ccccc1. The fourth-order valence-corrected chi connectivity index (χ4v) is 3.76. The molecule has 0 saturated carbocycles. The van der Waals surface area contributed by atoms with Gasteiger partial charge in [-0.15, -0.1) is 0 Å². The number of carbonyl (C=O) groups is 1. The number of hydrogen-bond acceptors (Lipinski definition) is 3. The number of benzene rings is 3. The van der Waals surface area contributed by atoms with E-state index in [1.165, 1.54) is 7.11 Å². The number of fused-ring (bicyclic) bond motifs is 1. The maximum atomic E-state index is 13.1. The minimum atomic E-state index is -0.772. The third-order valence-electron chi connectivity index (χ3n) is 4.74. The Kier molecular flexibility index (Phi) is 3.69. The van der Waals surface area contributed by atoms with E-state index in [1.807, 2.05) is 84.9 Å². The van der Waals surface area contributed by atoms with Crippen molar-refractivity contribution in [3.8, 4) is 0 Å². The highest BCUT2D eigenvalue weighted by molar-refractivity contribution is 6.53. The van der Waals surface area contributed by atoms with Crippen LogP contribution in [0.3, 0.4) is 0 Å². The van der Waals surface area contributed by atoms with E-state index in [4.69, 9.17) is 4.84 Å². The Hall–Kier alpha value is -3.20. The molecule has 4 rings (SSSR count). The summed E-state index contributed by atoms with van der Waals surface area (Å²) in [5, 5.41) is 4.19. The molecule has 0 saturated heterocycles. The smallest absolute Gasteiger partial charge is 0.212 e. The first-order valence-electron chi connectivity index (χ1n) is 8.17. The van der Waals surface area contributed by atoms with Crippen molar-refractivity contribution in [1.29, 1.82) is 0 Å². The summed E-state index contributed by atoms with van der Waals surface area (Å²) in [5.41, 5.74) is 3.23. The molecular formula is C22H17NO2. The first-order valence-corrected chi connectivity index (χ1v) is 8.17. The number of carbonyl (C=O) groups excluding carboxylic acids is 1. The minimum Gasteiger partial charge on any atom is -0.399 e. The lowest BCUT2D eigenvalue weighted by Crippen LogP contribution is -2.37. The Balaban J connectivity index is 2.16. The second kappa shape index (κ2) is 6.02. The molecule has 3 nitrogen and oxygen atoms in total. The molecule has 25 heavy (non-hydrogen) atoms. The number of Topliss-reactive ketones (excluding diaryl/α,β-unsaturated/α-hetero) is 1. The van der Waals surface area contributed by atoms with Crippen molar-refractivity contribution in [2.45, 2.75) is 5.41 Å². The number of hydrogen-bond donors (Lipinski definition) is 0. The van der Waals surface area contributed by atoms with Crippen molar-refractivity contribution < 1.29 is 9.63 Å². The van der Waals surface area contributed by atoms with Gasteiger partial charge in [0.05, 0.1) is 5.41 Å². The van der Waals surface area contributed by atoms with Crippen LogP contribution in [0.1, 0.15) is 27.0 Å². The van der Waals surface area contributed by atoms with Crippen LogP contribution < -0.4 is 0 Å². The van der Waals surface area contributed by atoms with Crippen LogP contribution in [0.25, 0.3) is 0 Å². The van der Waals surface area contributed by atoms with E-state index in [2.05, 4.69) is 5.16 Å². The van der Waals surface area contributed by atoms with Gasteiger partial charge in [0.1, 0.15) is 12.8 Å². The molecule has 0 radical (unpaired) electrons. The molecule has 1 aliphatic rings. The van der Waals surface area contributed by atoms with Gasteiger partial charge in [0.2, 0.25) is 5.78 Å². The van der Waals surface area contributed by atoms with Crippen LogP contribution in [0.4, 0.5) is 0 Å². The van der Waals surface area contributed by atoms with Crippen LogP contribution in [0.2, 0.25) is 0 Å². The van der Waals surface area contributed by atoms with E-state index < -0.39 is 5.41 Å². The Labute approximate surface area is 146 Å². The van der Waals surface area contributed by atoms with Gasteiger partial charge in [-0.25, -0.2) is 0 Å². The Morgan fingerprint density at radius 3 is 1.84 bits per heavy atom. The van der Waals surface area contributed by atoms with Gasteiger partial charge in [-0.05, 0) is 16.7 Å². The topological polar surface area (TPSA) is 38.7 Å². The van der Waals surface area contributed by atoms with Gasteiger partial charge in [0, 0.05) is 5.56 Å². The van der Waals surface area contributed by atoms with Crippen molar-refractivity contribution >= 4 is 11.5 Å². The maximum absolute atomic E-state index is 13.1. The summed E-state index contributed by atoms with van der Waals surface area (Å²) >= 11 is 0.